The molecule has 4 N–H and O–H groups in total. The Bertz CT molecular complexity index is 215. The van der Waals surface area contributed by atoms with Gasteiger partial charge in [-0.25, -0.2) is 0 Å². The molecule has 0 aliphatic heterocycles. The van der Waals surface area contributed by atoms with Crippen molar-refractivity contribution < 1.29 is 9.90 Å². The Morgan fingerprint density at radius 3 is 2.73 bits per heavy atom. The molecule has 15 heavy (non-hydrogen) atoms. The highest BCUT2D eigenvalue weighted by Gasteiger charge is 2.34. The summed E-state index contributed by atoms with van der Waals surface area (Å²) < 4.78 is 0. The summed E-state index contributed by atoms with van der Waals surface area (Å²) in [6.45, 7) is 2.43. The number of amides is 1. The molecular weight excluding hydrogens is 192 g/mol. The van der Waals surface area contributed by atoms with Gasteiger partial charge in [0.1, 0.15) is 0 Å². The molecule has 0 heterocycles. The Hall–Kier alpha value is -0.610. The second-order valence-corrected chi connectivity index (χ2v) is 4.61. The van der Waals surface area contributed by atoms with Crippen LogP contribution in [0.5, 0.6) is 0 Å². The Balaban J connectivity index is 2.13. The predicted molar refractivity (Wildman–Crippen MR) is 59.3 cm³/mol. The fraction of sp³-hybridized carbons (Fsp3) is 0.909. The lowest BCUT2D eigenvalue weighted by atomic mass is 9.80. The standard InChI is InChI=1S/C11H22N2O2/c1-2-4-9(12)7-10(14)13-8-11(15)5-3-6-11/h9,15H,2-8,12H2,1H3,(H,13,14). The Morgan fingerprint density at radius 2 is 2.27 bits per heavy atom. The van der Waals surface area contributed by atoms with E-state index in [-0.39, 0.29) is 11.9 Å². The summed E-state index contributed by atoms with van der Waals surface area (Å²) in [5.74, 6) is -0.0451. The molecular formula is C11H22N2O2. The lowest BCUT2D eigenvalue weighted by Gasteiger charge is -2.36. The van der Waals surface area contributed by atoms with E-state index in [9.17, 15) is 9.90 Å². The molecule has 1 fully saturated rings. The molecule has 1 unspecified atom stereocenters. The summed E-state index contributed by atoms with van der Waals surface area (Å²) in [7, 11) is 0. The molecule has 1 amide bonds. The summed E-state index contributed by atoms with van der Waals surface area (Å²) in [4.78, 5) is 11.4. The van der Waals surface area contributed by atoms with Crippen molar-refractivity contribution in [1.29, 1.82) is 0 Å². The molecule has 0 aromatic carbocycles. The summed E-state index contributed by atoms with van der Waals surface area (Å²) in [6.07, 6.45) is 4.89. The van der Waals surface area contributed by atoms with Crippen molar-refractivity contribution in [3.63, 3.8) is 0 Å². The number of rotatable bonds is 6. The minimum Gasteiger partial charge on any atom is -0.388 e. The van der Waals surface area contributed by atoms with Crippen LogP contribution in [0.4, 0.5) is 0 Å². The smallest absolute Gasteiger partial charge is 0.221 e. The van der Waals surface area contributed by atoms with E-state index < -0.39 is 5.60 Å². The van der Waals surface area contributed by atoms with Gasteiger partial charge in [-0.15, -0.1) is 0 Å². The molecule has 1 saturated carbocycles. The van der Waals surface area contributed by atoms with Crippen molar-refractivity contribution >= 4 is 5.91 Å². The maximum absolute atomic E-state index is 11.4. The highest BCUT2D eigenvalue weighted by Crippen LogP contribution is 2.30. The zero-order valence-corrected chi connectivity index (χ0v) is 9.46. The molecule has 1 aliphatic carbocycles. The highest BCUT2D eigenvalue weighted by molar-refractivity contribution is 5.76. The van der Waals surface area contributed by atoms with Gasteiger partial charge in [0.2, 0.25) is 5.91 Å². The summed E-state index contributed by atoms with van der Waals surface area (Å²) in [5, 5.41) is 12.5. The Morgan fingerprint density at radius 1 is 1.60 bits per heavy atom. The van der Waals surface area contributed by atoms with Crippen molar-refractivity contribution in [3.8, 4) is 0 Å². The molecule has 0 radical (unpaired) electrons. The van der Waals surface area contributed by atoms with Crippen molar-refractivity contribution in [1.82, 2.24) is 5.32 Å². The third-order valence-electron chi connectivity index (χ3n) is 3.01. The van der Waals surface area contributed by atoms with Crippen LogP contribution < -0.4 is 11.1 Å². The first kappa shape index (κ1) is 12.5. The Labute approximate surface area is 91.2 Å². The minimum atomic E-state index is -0.634. The number of nitrogens with two attached hydrogens (primary N) is 1. The number of carbonyl (C=O) groups is 1. The number of aliphatic hydroxyl groups is 1. The third-order valence-corrected chi connectivity index (χ3v) is 3.01. The van der Waals surface area contributed by atoms with Gasteiger partial charge in [0.25, 0.3) is 0 Å². The average Bonchev–Trinajstić information content (AvgIpc) is 2.12. The maximum atomic E-state index is 11.4. The van der Waals surface area contributed by atoms with Gasteiger partial charge in [0.05, 0.1) is 5.60 Å². The predicted octanol–water partition coefficient (Wildman–Crippen LogP) is 0.535. The number of hydrogen-bond acceptors (Lipinski definition) is 3. The molecule has 88 valence electrons. The summed E-state index contributed by atoms with van der Waals surface area (Å²) in [5.41, 5.74) is 5.11. The van der Waals surface area contributed by atoms with Crippen LogP contribution in [0.15, 0.2) is 0 Å². The van der Waals surface area contributed by atoms with Crippen LogP contribution in [0.1, 0.15) is 45.4 Å². The van der Waals surface area contributed by atoms with Crippen molar-refractivity contribution in [2.45, 2.75) is 57.1 Å². The third kappa shape index (κ3) is 4.18. The second-order valence-electron chi connectivity index (χ2n) is 4.61. The summed E-state index contributed by atoms with van der Waals surface area (Å²) >= 11 is 0. The van der Waals surface area contributed by atoms with Gasteiger partial charge in [-0.3, -0.25) is 4.79 Å². The van der Waals surface area contributed by atoms with Crippen molar-refractivity contribution in [3.05, 3.63) is 0 Å². The van der Waals surface area contributed by atoms with Crippen molar-refractivity contribution in [2.24, 2.45) is 5.73 Å². The maximum Gasteiger partial charge on any atom is 0.221 e. The fourth-order valence-corrected chi connectivity index (χ4v) is 1.81. The lowest BCUT2D eigenvalue weighted by molar-refractivity contribution is -0.123. The molecule has 4 nitrogen and oxygen atoms in total. The van der Waals surface area contributed by atoms with E-state index in [1.54, 1.807) is 0 Å². The quantitative estimate of drug-likeness (QED) is 0.604. The molecule has 4 heteroatoms. The van der Waals surface area contributed by atoms with Crippen LogP contribution in [0.3, 0.4) is 0 Å². The first-order chi connectivity index (χ1) is 7.06. The normalized spacial score (nSPS) is 20.5. The van der Waals surface area contributed by atoms with Gasteiger partial charge in [-0.05, 0) is 25.7 Å². The number of carbonyl (C=O) groups excluding carboxylic acids is 1. The lowest BCUT2D eigenvalue weighted by Crippen LogP contribution is -2.48. The van der Waals surface area contributed by atoms with E-state index in [0.717, 1.165) is 32.1 Å². The van der Waals surface area contributed by atoms with Gasteiger partial charge in [0.15, 0.2) is 0 Å². The van der Waals surface area contributed by atoms with Crippen molar-refractivity contribution in [2.75, 3.05) is 6.54 Å². The first-order valence-electron chi connectivity index (χ1n) is 5.80. The van der Waals surface area contributed by atoms with Gasteiger partial charge in [0, 0.05) is 19.0 Å². The van der Waals surface area contributed by atoms with Crippen LogP contribution >= 0.6 is 0 Å². The van der Waals surface area contributed by atoms with E-state index in [2.05, 4.69) is 12.2 Å². The summed E-state index contributed by atoms with van der Waals surface area (Å²) in [6, 6.07) is -0.0500. The van der Waals surface area contributed by atoms with Gasteiger partial charge in [-0.1, -0.05) is 13.3 Å². The SMILES string of the molecule is CCCC(N)CC(=O)NCC1(O)CCC1. The average molecular weight is 214 g/mol. The molecule has 1 rings (SSSR count). The fourth-order valence-electron chi connectivity index (χ4n) is 1.81. The van der Waals surface area contributed by atoms with Gasteiger partial charge in [-0.2, -0.15) is 0 Å². The molecule has 1 aliphatic rings. The molecule has 0 spiro atoms. The zero-order valence-electron chi connectivity index (χ0n) is 9.46. The Kier molecular flexibility index (Phi) is 4.54. The van der Waals surface area contributed by atoms with Gasteiger partial charge < -0.3 is 16.2 Å². The molecule has 1 atom stereocenters. The monoisotopic (exact) mass is 214 g/mol. The first-order valence-corrected chi connectivity index (χ1v) is 5.80. The topological polar surface area (TPSA) is 75.4 Å². The second kappa shape index (κ2) is 5.47. The van der Waals surface area contributed by atoms with Crippen LogP contribution in [0.25, 0.3) is 0 Å². The number of hydrogen-bond donors (Lipinski definition) is 3. The van der Waals surface area contributed by atoms with Gasteiger partial charge >= 0.3 is 0 Å². The van der Waals surface area contributed by atoms with Crippen LogP contribution in [-0.4, -0.2) is 29.2 Å². The van der Waals surface area contributed by atoms with E-state index in [0.29, 0.717) is 13.0 Å². The van der Waals surface area contributed by atoms with E-state index >= 15 is 0 Å². The largest absolute Gasteiger partial charge is 0.388 e. The van der Waals surface area contributed by atoms with E-state index in [4.69, 9.17) is 5.73 Å². The molecule has 0 aromatic rings. The van der Waals surface area contributed by atoms with Crippen LogP contribution in [0, 0.1) is 0 Å². The number of nitrogens with one attached hydrogen (secondary N) is 1. The molecule has 0 aromatic heterocycles. The minimum absolute atomic E-state index is 0.0451. The molecule has 0 bridgehead atoms. The molecule has 0 saturated heterocycles. The highest BCUT2D eigenvalue weighted by atomic mass is 16.3. The van der Waals surface area contributed by atoms with E-state index in [1.165, 1.54) is 0 Å². The zero-order chi connectivity index (χ0) is 11.3. The van der Waals surface area contributed by atoms with Crippen LogP contribution in [0.2, 0.25) is 0 Å². The van der Waals surface area contributed by atoms with Crippen LogP contribution in [-0.2, 0) is 4.79 Å². The van der Waals surface area contributed by atoms with E-state index in [1.807, 2.05) is 0 Å².